The smallest absolute Gasteiger partial charge is 0.293 e. The fraction of sp³-hybridized carbons (Fsp3) is 0.273. The molecule has 1 amide bonds. The Morgan fingerprint density at radius 2 is 1.91 bits per heavy atom. The standard InChI is InChI=1S/C22H23ClN6O3S/c1-27-8-10-28(11-9-27)13-14-2-7-17(18(12-14)29(31)32)25-22-26-19(20(33-22)21(24)30)15-3-5-16(23)6-4-15/h2-7,12H,8-11,13H2,1H3,(H2,24,30)(H,25,26). The van der Waals surface area contributed by atoms with E-state index in [0.29, 0.717) is 33.6 Å². The maximum atomic E-state index is 12.0. The molecule has 1 saturated heterocycles. The molecule has 3 N–H and O–H groups in total. The second kappa shape index (κ2) is 9.84. The van der Waals surface area contributed by atoms with Crippen molar-refractivity contribution in [2.75, 3.05) is 38.5 Å². The summed E-state index contributed by atoms with van der Waals surface area (Å²) in [6.07, 6.45) is 0. The molecule has 0 bridgehead atoms. The van der Waals surface area contributed by atoms with Crippen molar-refractivity contribution in [1.82, 2.24) is 14.8 Å². The first-order valence-corrected chi connectivity index (χ1v) is 11.5. The zero-order chi connectivity index (χ0) is 23.5. The molecule has 3 aromatic rings. The number of aromatic nitrogens is 1. The van der Waals surface area contributed by atoms with E-state index in [1.807, 2.05) is 6.07 Å². The molecule has 172 valence electrons. The Hall–Kier alpha value is -3.05. The fourth-order valence-corrected chi connectivity index (χ4v) is 4.63. The highest BCUT2D eigenvalue weighted by Crippen LogP contribution is 2.35. The van der Waals surface area contributed by atoms with Crippen LogP contribution >= 0.6 is 22.9 Å². The number of primary amides is 1. The number of anilines is 2. The number of carbonyl (C=O) groups is 1. The molecular weight excluding hydrogens is 464 g/mol. The summed E-state index contributed by atoms with van der Waals surface area (Å²) in [6, 6.07) is 12.0. The number of thiazole rings is 1. The van der Waals surface area contributed by atoms with Gasteiger partial charge in [0.1, 0.15) is 10.6 Å². The first kappa shape index (κ1) is 23.1. The number of hydrogen-bond donors (Lipinski definition) is 2. The van der Waals surface area contributed by atoms with Crippen molar-refractivity contribution >= 4 is 45.4 Å². The monoisotopic (exact) mass is 486 g/mol. The highest BCUT2D eigenvalue weighted by atomic mass is 35.5. The molecule has 33 heavy (non-hydrogen) atoms. The third-order valence-corrected chi connectivity index (χ3v) is 6.71. The number of hydrogen-bond acceptors (Lipinski definition) is 8. The quantitative estimate of drug-likeness (QED) is 0.383. The SMILES string of the molecule is CN1CCN(Cc2ccc(Nc3nc(-c4ccc(Cl)cc4)c(C(N)=O)s3)c([N+](=O)[O-])c2)CC1. The van der Waals surface area contributed by atoms with Crippen molar-refractivity contribution in [3.05, 3.63) is 68.0 Å². The van der Waals surface area contributed by atoms with Crippen LogP contribution < -0.4 is 11.1 Å². The van der Waals surface area contributed by atoms with Crippen molar-refractivity contribution < 1.29 is 9.72 Å². The zero-order valence-corrected chi connectivity index (χ0v) is 19.5. The van der Waals surface area contributed by atoms with E-state index < -0.39 is 10.8 Å². The van der Waals surface area contributed by atoms with Gasteiger partial charge in [0.2, 0.25) is 0 Å². The number of nitro groups is 1. The van der Waals surface area contributed by atoms with Crippen LogP contribution in [0, 0.1) is 10.1 Å². The Morgan fingerprint density at radius 3 is 2.55 bits per heavy atom. The molecule has 1 aromatic heterocycles. The Morgan fingerprint density at radius 1 is 1.21 bits per heavy atom. The van der Waals surface area contributed by atoms with E-state index in [0.717, 1.165) is 43.1 Å². The van der Waals surface area contributed by atoms with Gasteiger partial charge in [-0.2, -0.15) is 0 Å². The first-order chi connectivity index (χ1) is 15.8. The van der Waals surface area contributed by atoms with Crippen LogP contribution in [-0.4, -0.2) is 58.8 Å². The molecule has 1 aliphatic heterocycles. The van der Waals surface area contributed by atoms with E-state index in [-0.39, 0.29) is 10.6 Å². The van der Waals surface area contributed by atoms with Crippen LogP contribution in [0.25, 0.3) is 11.3 Å². The molecular formula is C22H23ClN6O3S. The molecule has 9 nitrogen and oxygen atoms in total. The molecule has 1 fully saturated rings. The summed E-state index contributed by atoms with van der Waals surface area (Å²) in [4.78, 5) is 32.6. The number of piperazine rings is 1. The van der Waals surface area contributed by atoms with Crippen LogP contribution in [0.15, 0.2) is 42.5 Å². The largest absolute Gasteiger partial charge is 0.365 e. The third-order valence-electron chi connectivity index (χ3n) is 5.47. The maximum Gasteiger partial charge on any atom is 0.293 e. The summed E-state index contributed by atoms with van der Waals surface area (Å²) in [5.74, 6) is -0.623. The summed E-state index contributed by atoms with van der Waals surface area (Å²) < 4.78 is 0. The number of benzene rings is 2. The van der Waals surface area contributed by atoms with Gasteiger partial charge in [-0.1, -0.05) is 41.1 Å². The highest BCUT2D eigenvalue weighted by Gasteiger charge is 2.22. The van der Waals surface area contributed by atoms with Crippen LogP contribution in [0.3, 0.4) is 0 Å². The van der Waals surface area contributed by atoms with Gasteiger partial charge in [0, 0.05) is 49.4 Å². The number of nitrogens with zero attached hydrogens (tertiary/aromatic N) is 4. The maximum absolute atomic E-state index is 12.0. The Bertz CT molecular complexity index is 1180. The second-order valence-corrected chi connectivity index (χ2v) is 9.32. The number of carbonyl (C=O) groups excluding carboxylic acids is 1. The van der Waals surface area contributed by atoms with Crippen molar-refractivity contribution in [1.29, 1.82) is 0 Å². The van der Waals surface area contributed by atoms with Gasteiger partial charge in [0.15, 0.2) is 5.13 Å². The topological polar surface area (TPSA) is 118 Å². The van der Waals surface area contributed by atoms with E-state index in [4.69, 9.17) is 17.3 Å². The number of rotatable bonds is 7. The number of nitro benzene ring substituents is 1. The second-order valence-electron chi connectivity index (χ2n) is 7.88. The van der Waals surface area contributed by atoms with Crippen LogP contribution in [0.1, 0.15) is 15.2 Å². The van der Waals surface area contributed by atoms with Gasteiger partial charge in [-0.25, -0.2) is 4.98 Å². The molecule has 11 heteroatoms. The molecule has 0 atom stereocenters. The Balaban J connectivity index is 1.59. The molecule has 2 heterocycles. The number of nitrogens with one attached hydrogen (secondary N) is 1. The van der Waals surface area contributed by atoms with E-state index in [2.05, 4.69) is 27.1 Å². The van der Waals surface area contributed by atoms with Gasteiger partial charge >= 0.3 is 0 Å². The molecule has 0 aliphatic carbocycles. The van der Waals surface area contributed by atoms with E-state index in [9.17, 15) is 14.9 Å². The van der Waals surface area contributed by atoms with E-state index >= 15 is 0 Å². The Kier molecular flexibility index (Phi) is 6.89. The lowest BCUT2D eigenvalue weighted by Crippen LogP contribution is -2.43. The van der Waals surface area contributed by atoms with Gasteiger partial charge in [-0.15, -0.1) is 0 Å². The number of likely N-dealkylation sites (N-methyl/N-ethyl adjacent to an activating group) is 1. The molecule has 0 unspecified atom stereocenters. The van der Waals surface area contributed by atoms with Gasteiger partial charge < -0.3 is 16.0 Å². The van der Waals surface area contributed by atoms with Gasteiger partial charge in [-0.05, 0) is 30.8 Å². The van der Waals surface area contributed by atoms with Crippen molar-refractivity contribution in [2.24, 2.45) is 5.73 Å². The predicted octanol–water partition coefficient (Wildman–Crippen LogP) is 3.96. The molecule has 4 rings (SSSR count). The third kappa shape index (κ3) is 5.48. The summed E-state index contributed by atoms with van der Waals surface area (Å²) in [7, 11) is 2.09. The summed E-state index contributed by atoms with van der Waals surface area (Å²) in [5, 5.41) is 15.7. The number of halogens is 1. The number of amides is 1. The lowest BCUT2D eigenvalue weighted by atomic mass is 10.1. The van der Waals surface area contributed by atoms with Crippen molar-refractivity contribution in [3.8, 4) is 11.3 Å². The minimum absolute atomic E-state index is 0.0505. The number of nitrogens with two attached hydrogens (primary N) is 1. The minimum Gasteiger partial charge on any atom is -0.365 e. The van der Waals surface area contributed by atoms with Crippen LogP contribution in [0.2, 0.25) is 5.02 Å². The van der Waals surface area contributed by atoms with E-state index in [1.165, 1.54) is 0 Å². The van der Waals surface area contributed by atoms with Crippen LogP contribution in [-0.2, 0) is 6.54 Å². The van der Waals surface area contributed by atoms with Crippen molar-refractivity contribution in [3.63, 3.8) is 0 Å². The van der Waals surface area contributed by atoms with Gasteiger partial charge in [-0.3, -0.25) is 19.8 Å². The summed E-state index contributed by atoms with van der Waals surface area (Å²) >= 11 is 7.00. The van der Waals surface area contributed by atoms with Gasteiger partial charge in [0.05, 0.1) is 10.6 Å². The summed E-state index contributed by atoms with van der Waals surface area (Å²) in [5.41, 5.74) is 7.75. The van der Waals surface area contributed by atoms with E-state index in [1.54, 1.807) is 36.4 Å². The molecule has 1 aliphatic rings. The molecule has 0 radical (unpaired) electrons. The van der Waals surface area contributed by atoms with Crippen LogP contribution in [0.4, 0.5) is 16.5 Å². The Labute approximate surface area is 199 Å². The lowest BCUT2D eigenvalue weighted by Gasteiger charge is -2.32. The van der Waals surface area contributed by atoms with Crippen molar-refractivity contribution in [2.45, 2.75) is 6.54 Å². The lowest BCUT2D eigenvalue weighted by molar-refractivity contribution is -0.384. The average molecular weight is 487 g/mol. The van der Waals surface area contributed by atoms with Crippen LogP contribution in [0.5, 0.6) is 0 Å². The first-order valence-electron chi connectivity index (χ1n) is 10.3. The molecule has 0 spiro atoms. The fourth-order valence-electron chi connectivity index (χ4n) is 3.66. The normalized spacial score (nSPS) is 14.8. The highest BCUT2D eigenvalue weighted by molar-refractivity contribution is 7.18. The predicted molar refractivity (Wildman–Crippen MR) is 130 cm³/mol. The summed E-state index contributed by atoms with van der Waals surface area (Å²) in [6.45, 7) is 4.45. The zero-order valence-electron chi connectivity index (χ0n) is 18.0. The molecule has 0 saturated carbocycles. The molecule has 2 aromatic carbocycles. The minimum atomic E-state index is -0.623. The van der Waals surface area contributed by atoms with Gasteiger partial charge in [0.25, 0.3) is 11.6 Å². The average Bonchev–Trinajstić information content (AvgIpc) is 3.21.